The van der Waals surface area contributed by atoms with Gasteiger partial charge in [-0.15, -0.1) is 0 Å². The summed E-state index contributed by atoms with van der Waals surface area (Å²) >= 11 is 0. The molecule has 0 atom stereocenters. The van der Waals surface area contributed by atoms with Gasteiger partial charge in [0.15, 0.2) is 0 Å². The maximum Gasteiger partial charge on any atom is 0.407 e. The van der Waals surface area contributed by atoms with Crippen molar-refractivity contribution in [2.45, 2.75) is 23.8 Å². The number of rotatable bonds is 4. The number of piperidine rings is 1. The Labute approximate surface area is 154 Å². The normalized spacial score (nSPS) is 15.7. The summed E-state index contributed by atoms with van der Waals surface area (Å²) in [6, 6.07) is 3.43. The van der Waals surface area contributed by atoms with E-state index < -0.39 is 21.0 Å². The third-order valence-electron chi connectivity index (χ3n) is 4.50. The lowest BCUT2D eigenvalue weighted by Crippen LogP contribution is -2.38. The van der Waals surface area contributed by atoms with Crippen LogP contribution in [0.15, 0.2) is 35.5 Å². The Hall–Kier alpha value is -2.99. The van der Waals surface area contributed by atoms with Crippen molar-refractivity contribution in [1.29, 1.82) is 0 Å². The number of nitrogens with zero attached hydrogens (tertiary/aromatic N) is 4. The predicted molar refractivity (Wildman–Crippen MR) is 93.6 cm³/mol. The number of hydrogen-bond acceptors (Lipinski definition) is 6. The lowest BCUT2D eigenvalue weighted by atomic mass is 10.1. The van der Waals surface area contributed by atoms with E-state index in [1.54, 1.807) is 10.9 Å². The lowest BCUT2D eigenvalue weighted by molar-refractivity contribution is -0.385. The molecule has 2 aromatic rings. The molecule has 1 aromatic heterocycles. The fraction of sp³-hybridized carbons (Fsp3) is 0.333. The predicted octanol–water partition coefficient (Wildman–Crippen LogP) is 1.42. The van der Waals surface area contributed by atoms with Gasteiger partial charge in [-0.05, 0) is 18.9 Å². The van der Waals surface area contributed by atoms with Crippen LogP contribution in [-0.4, -0.2) is 52.3 Å². The molecule has 3 rings (SSSR count). The summed E-state index contributed by atoms with van der Waals surface area (Å²) < 4.78 is 25.4. The van der Waals surface area contributed by atoms with Gasteiger partial charge in [-0.25, -0.2) is 18.4 Å². The van der Waals surface area contributed by atoms with Crippen LogP contribution in [0.25, 0.3) is 11.1 Å². The summed E-state index contributed by atoms with van der Waals surface area (Å²) in [7, 11) is -4.18. The average molecular weight is 395 g/mol. The zero-order valence-electron chi connectivity index (χ0n) is 14.1. The molecule has 1 fully saturated rings. The minimum Gasteiger partial charge on any atom is -0.465 e. The Morgan fingerprint density at radius 1 is 1.33 bits per heavy atom. The molecule has 27 heavy (non-hydrogen) atoms. The third-order valence-corrected chi connectivity index (χ3v) is 5.45. The topological polar surface area (TPSA) is 162 Å². The first-order valence-electron chi connectivity index (χ1n) is 8.00. The van der Waals surface area contributed by atoms with Gasteiger partial charge in [0, 0.05) is 42.5 Å². The van der Waals surface area contributed by atoms with Gasteiger partial charge in [-0.2, -0.15) is 5.10 Å². The van der Waals surface area contributed by atoms with E-state index in [9.17, 15) is 23.3 Å². The molecule has 0 saturated carbocycles. The second-order valence-electron chi connectivity index (χ2n) is 6.19. The van der Waals surface area contributed by atoms with Crippen molar-refractivity contribution in [2.75, 3.05) is 13.1 Å². The average Bonchev–Trinajstić information content (AvgIpc) is 3.10. The van der Waals surface area contributed by atoms with Crippen LogP contribution in [0.4, 0.5) is 10.5 Å². The summed E-state index contributed by atoms with van der Waals surface area (Å²) in [5.74, 6) is 0. The van der Waals surface area contributed by atoms with Gasteiger partial charge >= 0.3 is 6.09 Å². The monoisotopic (exact) mass is 395 g/mol. The molecule has 1 aliphatic rings. The molecule has 12 heteroatoms. The van der Waals surface area contributed by atoms with E-state index in [2.05, 4.69) is 5.10 Å². The maximum absolute atomic E-state index is 11.9. The number of carboxylic acid groups (broad SMARTS) is 1. The second kappa shape index (κ2) is 6.96. The SMILES string of the molecule is NS(=O)(=O)c1cc([N+](=O)[O-])ccc1-c1cnn(C2CCN(C(=O)O)CC2)c1. The molecule has 144 valence electrons. The molecule has 1 aliphatic heterocycles. The molecule has 0 radical (unpaired) electrons. The Kier molecular flexibility index (Phi) is 4.85. The van der Waals surface area contributed by atoms with E-state index in [0.717, 1.165) is 6.07 Å². The van der Waals surface area contributed by atoms with Crippen molar-refractivity contribution >= 4 is 21.8 Å². The maximum atomic E-state index is 11.9. The highest BCUT2D eigenvalue weighted by atomic mass is 32.2. The number of benzene rings is 1. The number of primary sulfonamides is 1. The van der Waals surface area contributed by atoms with Crippen LogP contribution >= 0.6 is 0 Å². The number of aromatic nitrogens is 2. The quantitative estimate of drug-likeness (QED) is 0.584. The standard InChI is InChI=1S/C15H17N5O6S/c16-27(25,26)14-7-12(20(23)24)1-2-13(14)10-8-17-19(9-10)11-3-5-18(6-4-11)15(21)22/h1-2,7-9,11H,3-6H2,(H,21,22)(H2,16,25,26). The van der Waals surface area contributed by atoms with Crippen LogP contribution in [0.5, 0.6) is 0 Å². The van der Waals surface area contributed by atoms with E-state index in [1.165, 1.54) is 23.2 Å². The number of non-ortho nitro benzene ring substituents is 1. The molecule has 1 amide bonds. The molecule has 0 aliphatic carbocycles. The molecule has 0 bridgehead atoms. The minimum atomic E-state index is -4.18. The van der Waals surface area contributed by atoms with E-state index in [0.29, 0.717) is 31.5 Å². The lowest BCUT2D eigenvalue weighted by Gasteiger charge is -2.30. The third kappa shape index (κ3) is 3.90. The largest absolute Gasteiger partial charge is 0.465 e. The van der Waals surface area contributed by atoms with Gasteiger partial charge in [-0.1, -0.05) is 0 Å². The summed E-state index contributed by atoms with van der Waals surface area (Å²) in [5.41, 5.74) is 0.295. The van der Waals surface area contributed by atoms with Gasteiger partial charge in [-0.3, -0.25) is 14.8 Å². The first-order valence-corrected chi connectivity index (χ1v) is 9.55. The number of nitro benzene ring substituents is 1. The van der Waals surface area contributed by atoms with Gasteiger partial charge in [0.2, 0.25) is 10.0 Å². The fourth-order valence-corrected chi connectivity index (χ4v) is 3.87. The number of nitro groups is 1. The molecule has 1 aromatic carbocycles. The van der Waals surface area contributed by atoms with Crippen molar-refractivity contribution in [2.24, 2.45) is 5.14 Å². The van der Waals surface area contributed by atoms with Gasteiger partial charge in [0.25, 0.3) is 5.69 Å². The Morgan fingerprint density at radius 3 is 2.56 bits per heavy atom. The summed E-state index contributed by atoms with van der Waals surface area (Å²) in [6.45, 7) is 0.768. The van der Waals surface area contributed by atoms with Crippen LogP contribution in [0.2, 0.25) is 0 Å². The fourth-order valence-electron chi connectivity index (χ4n) is 3.10. The Morgan fingerprint density at radius 2 is 2.00 bits per heavy atom. The molecular weight excluding hydrogens is 378 g/mol. The molecular formula is C15H17N5O6S. The highest BCUT2D eigenvalue weighted by Crippen LogP contribution is 2.31. The minimum absolute atomic E-state index is 0.0228. The van der Waals surface area contributed by atoms with E-state index in [4.69, 9.17) is 10.2 Å². The van der Waals surface area contributed by atoms with Crippen molar-refractivity contribution in [1.82, 2.24) is 14.7 Å². The second-order valence-corrected chi connectivity index (χ2v) is 7.72. The Balaban J connectivity index is 1.91. The summed E-state index contributed by atoms with van der Waals surface area (Å²) in [4.78, 5) is 22.2. The molecule has 3 N–H and O–H groups in total. The van der Waals surface area contributed by atoms with Crippen LogP contribution in [0.3, 0.4) is 0 Å². The Bertz CT molecular complexity index is 994. The summed E-state index contributed by atoms with van der Waals surface area (Å²) in [6.07, 6.45) is 3.29. The van der Waals surface area contributed by atoms with Crippen LogP contribution < -0.4 is 5.14 Å². The zero-order valence-corrected chi connectivity index (χ0v) is 14.9. The van der Waals surface area contributed by atoms with Crippen molar-refractivity contribution in [3.8, 4) is 11.1 Å². The number of hydrogen-bond donors (Lipinski definition) is 2. The van der Waals surface area contributed by atoms with Crippen molar-refractivity contribution in [3.63, 3.8) is 0 Å². The molecule has 1 saturated heterocycles. The van der Waals surface area contributed by atoms with Crippen LogP contribution in [0.1, 0.15) is 18.9 Å². The molecule has 0 unspecified atom stereocenters. The van der Waals surface area contributed by atoms with Gasteiger partial charge in [0.05, 0.1) is 22.1 Å². The van der Waals surface area contributed by atoms with Gasteiger partial charge in [0.1, 0.15) is 0 Å². The molecule has 0 spiro atoms. The van der Waals surface area contributed by atoms with E-state index in [1.807, 2.05) is 0 Å². The first kappa shape index (κ1) is 18.8. The number of likely N-dealkylation sites (tertiary alicyclic amines) is 1. The van der Waals surface area contributed by atoms with E-state index >= 15 is 0 Å². The summed E-state index contributed by atoms with van der Waals surface area (Å²) in [5, 5.41) is 29.4. The van der Waals surface area contributed by atoms with Crippen LogP contribution in [-0.2, 0) is 10.0 Å². The smallest absolute Gasteiger partial charge is 0.407 e. The number of carbonyl (C=O) groups is 1. The first-order chi connectivity index (χ1) is 12.7. The number of nitrogens with two attached hydrogens (primary N) is 1. The van der Waals surface area contributed by atoms with E-state index in [-0.39, 0.29) is 22.2 Å². The molecule has 11 nitrogen and oxygen atoms in total. The van der Waals surface area contributed by atoms with Crippen molar-refractivity contribution in [3.05, 3.63) is 40.7 Å². The van der Waals surface area contributed by atoms with Gasteiger partial charge < -0.3 is 10.0 Å². The van der Waals surface area contributed by atoms with Crippen LogP contribution in [0, 0.1) is 10.1 Å². The number of amides is 1. The van der Waals surface area contributed by atoms with Crippen molar-refractivity contribution < 1.29 is 23.2 Å². The highest BCUT2D eigenvalue weighted by Gasteiger charge is 2.25. The zero-order chi connectivity index (χ0) is 19.8. The highest BCUT2D eigenvalue weighted by molar-refractivity contribution is 7.89. The number of sulfonamides is 1. The molecule has 2 heterocycles.